The van der Waals surface area contributed by atoms with Gasteiger partial charge in [0.05, 0.1) is 6.04 Å². The van der Waals surface area contributed by atoms with Crippen LogP contribution in [0.3, 0.4) is 0 Å². The van der Waals surface area contributed by atoms with Crippen molar-refractivity contribution in [2.24, 2.45) is 0 Å². The predicted octanol–water partition coefficient (Wildman–Crippen LogP) is 2.84. The maximum Gasteiger partial charge on any atom is 0.115 e. The van der Waals surface area contributed by atoms with Crippen LogP contribution in [0.15, 0.2) is 24.3 Å². The van der Waals surface area contributed by atoms with Crippen LogP contribution in [0, 0.1) is 12.3 Å². The Kier molecular flexibility index (Phi) is 4.88. The molecule has 2 unspecified atom stereocenters. The molecule has 86 valence electrons. The molecule has 1 rings (SSSR count). The molecule has 1 aromatic rings. The molecule has 0 saturated carbocycles. The molecule has 0 aliphatic carbocycles. The third kappa shape index (κ3) is 3.29. The third-order valence-corrected chi connectivity index (χ3v) is 2.72. The average molecular weight is 217 g/mol. The number of hydrogen-bond donors (Lipinski definition) is 2. The van der Waals surface area contributed by atoms with E-state index in [2.05, 4.69) is 25.1 Å². The Morgan fingerprint density at radius 2 is 1.88 bits per heavy atom. The lowest BCUT2D eigenvalue weighted by Crippen LogP contribution is -2.30. The van der Waals surface area contributed by atoms with E-state index in [1.54, 1.807) is 12.1 Å². The number of phenolic OH excluding ortho intramolecular Hbond substituents is 1. The summed E-state index contributed by atoms with van der Waals surface area (Å²) < 4.78 is 0. The summed E-state index contributed by atoms with van der Waals surface area (Å²) in [4.78, 5) is 0. The lowest BCUT2D eigenvalue weighted by atomic mass is 10.0. The molecule has 0 heterocycles. The zero-order chi connectivity index (χ0) is 12.0. The van der Waals surface area contributed by atoms with Gasteiger partial charge in [0, 0.05) is 6.04 Å². The molecular weight excluding hydrogens is 198 g/mol. The van der Waals surface area contributed by atoms with Crippen molar-refractivity contribution in [2.75, 3.05) is 0 Å². The van der Waals surface area contributed by atoms with E-state index in [-0.39, 0.29) is 12.1 Å². The lowest BCUT2D eigenvalue weighted by Gasteiger charge is -2.21. The van der Waals surface area contributed by atoms with Crippen molar-refractivity contribution >= 4 is 0 Å². The molecule has 2 atom stereocenters. The van der Waals surface area contributed by atoms with Gasteiger partial charge in [-0.3, -0.25) is 5.32 Å². The van der Waals surface area contributed by atoms with Gasteiger partial charge in [-0.2, -0.15) is 0 Å². The van der Waals surface area contributed by atoms with Crippen molar-refractivity contribution in [3.05, 3.63) is 29.8 Å². The Bertz CT molecular complexity index is 350. The van der Waals surface area contributed by atoms with Crippen LogP contribution >= 0.6 is 0 Å². The summed E-state index contributed by atoms with van der Waals surface area (Å²) in [5.74, 6) is 3.03. The zero-order valence-corrected chi connectivity index (χ0v) is 9.90. The highest BCUT2D eigenvalue weighted by atomic mass is 16.3. The number of nitrogens with one attached hydrogen (secondary N) is 1. The SMILES string of the molecule is C#CC(CC)NC(CC)c1ccc(O)cc1. The highest BCUT2D eigenvalue weighted by Gasteiger charge is 2.12. The number of hydrogen-bond acceptors (Lipinski definition) is 2. The van der Waals surface area contributed by atoms with Crippen molar-refractivity contribution in [1.82, 2.24) is 5.32 Å². The van der Waals surface area contributed by atoms with E-state index in [1.807, 2.05) is 12.1 Å². The number of terminal acetylenes is 1. The second kappa shape index (κ2) is 6.19. The molecule has 1 aromatic carbocycles. The summed E-state index contributed by atoms with van der Waals surface area (Å²) >= 11 is 0. The van der Waals surface area contributed by atoms with Gasteiger partial charge in [0.15, 0.2) is 0 Å². The van der Waals surface area contributed by atoms with E-state index < -0.39 is 0 Å². The Morgan fingerprint density at radius 1 is 1.25 bits per heavy atom. The van der Waals surface area contributed by atoms with Crippen LogP contribution in [-0.2, 0) is 0 Å². The van der Waals surface area contributed by atoms with Crippen LogP contribution in [-0.4, -0.2) is 11.1 Å². The molecule has 2 nitrogen and oxygen atoms in total. The van der Waals surface area contributed by atoms with E-state index in [0.717, 1.165) is 18.4 Å². The topological polar surface area (TPSA) is 32.3 Å². The Labute approximate surface area is 97.7 Å². The minimum atomic E-state index is 0.110. The van der Waals surface area contributed by atoms with Crippen LogP contribution in [0.2, 0.25) is 0 Å². The van der Waals surface area contributed by atoms with Gasteiger partial charge in [0.2, 0.25) is 0 Å². The van der Waals surface area contributed by atoms with E-state index >= 15 is 0 Å². The molecule has 16 heavy (non-hydrogen) atoms. The summed E-state index contributed by atoms with van der Waals surface area (Å²) in [5.41, 5.74) is 1.16. The smallest absolute Gasteiger partial charge is 0.115 e. The summed E-state index contributed by atoms with van der Waals surface area (Å²) in [6.45, 7) is 4.19. The molecule has 0 aliphatic rings. The molecular formula is C14H19NO. The molecule has 0 fully saturated rings. The second-order valence-corrected chi connectivity index (χ2v) is 3.85. The largest absolute Gasteiger partial charge is 0.508 e. The first kappa shape index (κ1) is 12.6. The molecule has 0 aromatic heterocycles. The minimum Gasteiger partial charge on any atom is -0.508 e. The number of benzene rings is 1. The van der Waals surface area contributed by atoms with Crippen LogP contribution in [0.1, 0.15) is 38.3 Å². The van der Waals surface area contributed by atoms with E-state index in [0.29, 0.717) is 5.75 Å². The van der Waals surface area contributed by atoms with Crippen molar-refractivity contribution < 1.29 is 5.11 Å². The molecule has 0 spiro atoms. The van der Waals surface area contributed by atoms with Crippen molar-refractivity contribution in [2.45, 2.75) is 38.8 Å². The van der Waals surface area contributed by atoms with E-state index in [9.17, 15) is 5.11 Å². The summed E-state index contributed by atoms with van der Waals surface area (Å²) in [7, 11) is 0. The van der Waals surface area contributed by atoms with Crippen LogP contribution in [0.4, 0.5) is 0 Å². The molecule has 0 radical (unpaired) electrons. The Morgan fingerprint density at radius 3 is 2.31 bits per heavy atom. The van der Waals surface area contributed by atoms with Crippen molar-refractivity contribution in [3.63, 3.8) is 0 Å². The maximum atomic E-state index is 9.23. The Hall–Kier alpha value is -1.46. The minimum absolute atomic E-state index is 0.110. The van der Waals surface area contributed by atoms with Gasteiger partial charge in [-0.15, -0.1) is 6.42 Å². The van der Waals surface area contributed by atoms with Gasteiger partial charge in [-0.1, -0.05) is 31.9 Å². The first-order chi connectivity index (χ1) is 7.71. The lowest BCUT2D eigenvalue weighted by molar-refractivity contribution is 0.464. The van der Waals surface area contributed by atoms with Crippen molar-refractivity contribution in [1.29, 1.82) is 0 Å². The first-order valence-electron chi connectivity index (χ1n) is 5.72. The van der Waals surface area contributed by atoms with Gasteiger partial charge in [0.1, 0.15) is 5.75 Å². The monoisotopic (exact) mass is 217 g/mol. The van der Waals surface area contributed by atoms with Gasteiger partial charge in [-0.25, -0.2) is 0 Å². The van der Waals surface area contributed by atoms with Crippen LogP contribution in [0.25, 0.3) is 0 Å². The Balaban J connectivity index is 2.75. The van der Waals surface area contributed by atoms with Crippen LogP contribution in [0.5, 0.6) is 5.75 Å². The average Bonchev–Trinajstić information content (AvgIpc) is 2.32. The fourth-order valence-corrected chi connectivity index (χ4v) is 1.68. The number of aromatic hydroxyl groups is 1. The summed E-state index contributed by atoms with van der Waals surface area (Å²) in [6.07, 6.45) is 7.33. The first-order valence-corrected chi connectivity index (χ1v) is 5.72. The highest BCUT2D eigenvalue weighted by Crippen LogP contribution is 2.20. The maximum absolute atomic E-state index is 9.23. The standard InChI is InChI=1S/C14H19NO/c1-4-12(5-2)15-14(6-3)11-7-9-13(16)10-8-11/h1,7-10,12,14-16H,5-6H2,2-3H3. The summed E-state index contributed by atoms with van der Waals surface area (Å²) in [6, 6.07) is 7.63. The van der Waals surface area contributed by atoms with Crippen molar-refractivity contribution in [3.8, 4) is 18.1 Å². The number of phenols is 1. The van der Waals surface area contributed by atoms with Gasteiger partial charge >= 0.3 is 0 Å². The van der Waals surface area contributed by atoms with Gasteiger partial charge in [0.25, 0.3) is 0 Å². The number of rotatable bonds is 5. The normalized spacial score (nSPS) is 14.1. The molecule has 0 aliphatic heterocycles. The summed E-state index contributed by atoms with van der Waals surface area (Å²) in [5, 5.41) is 12.7. The fraction of sp³-hybridized carbons (Fsp3) is 0.429. The highest BCUT2D eigenvalue weighted by molar-refractivity contribution is 5.28. The third-order valence-electron chi connectivity index (χ3n) is 2.72. The van der Waals surface area contributed by atoms with Crippen LogP contribution < -0.4 is 5.32 Å². The quantitative estimate of drug-likeness (QED) is 0.743. The zero-order valence-electron chi connectivity index (χ0n) is 9.90. The van der Waals surface area contributed by atoms with E-state index in [1.165, 1.54) is 0 Å². The molecule has 0 saturated heterocycles. The fourth-order valence-electron chi connectivity index (χ4n) is 1.68. The predicted molar refractivity (Wildman–Crippen MR) is 67.2 cm³/mol. The second-order valence-electron chi connectivity index (χ2n) is 3.85. The van der Waals surface area contributed by atoms with E-state index in [4.69, 9.17) is 6.42 Å². The van der Waals surface area contributed by atoms with Gasteiger partial charge in [-0.05, 0) is 30.5 Å². The molecule has 0 amide bonds. The molecule has 2 N–H and O–H groups in total. The van der Waals surface area contributed by atoms with Gasteiger partial charge < -0.3 is 5.11 Å². The molecule has 2 heteroatoms. The molecule has 0 bridgehead atoms.